The average molecular weight is 474 g/mol. The second-order valence-electron chi connectivity index (χ2n) is 9.42. The van der Waals surface area contributed by atoms with Crippen LogP contribution in [0.5, 0.6) is 0 Å². The van der Waals surface area contributed by atoms with E-state index in [1.807, 2.05) is 0 Å². The Bertz CT molecular complexity index is 904. The normalized spacial score (nSPS) is 28.2. The van der Waals surface area contributed by atoms with Gasteiger partial charge in [0, 0.05) is 17.0 Å². The van der Waals surface area contributed by atoms with E-state index in [2.05, 4.69) is 5.32 Å². The Hall–Kier alpha value is -0.820. The van der Waals surface area contributed by atoms with Crippen LogP contribution in [0.25, 0.3) is 0 Å². The summed E-state index contributed by atoms with van der Waals surface area (Å²) in [4.78, 5) is 12.7. The van der Waals surface area contributed by atoms with Crippen molar-refractivity contribution in [2.75, 3.05) is 12.3 Å². The van der Waals surface area contributed by atoms with Crippen LogP contribution in [0.3, 0.4) is 0 Å². The summed E-state index contributed by atoms with van der Waals surface area (Å²) in [6.07, 6.45) is 5.82. The van der Waals surface area contributed by atoms with Gasteiger partial charge in [-0.2, -0.15) is 0 Å². The van der Waals surface area contributed by atoms with E-state index in [0.29, 0.717) is 54.5 Å². The van der Waals surface area contributed by atoms with Crippen LogP contribution in [0.1, 0.15) is 61.7 Å². The number of sulfone groups is 1. The Balaban J connectivity index is 1.43. The lowest BCUT2D eigenvalue weighted by atomic mass is 9.68. The molecular weight excluding hydrogens is 445 g/mol. The van der Waals surface area contributed by atoms with Gasteiger partial charge in [-0.1, -0.05) is 23.2 Å². The molecule has 0 aliphatic heterocycles. The summed E-state index contributed by atoms with van der Waals surface area (Å²) in [5, 5.41) is 14.4. The van der Waals surface area contributed by atoms with Crippen LogP contribution in [0.2, 0.25) is 10.0 Å². The molecule has 0 heterocycles. The Morgan fingerprint density at radius 2 is 1.80 bits per heavy atom. The van der Waals surface area contributed by atoms with E-state index in [1.165, 1.54) is 6.07 Å². The molecule has 2 N–H and O–H groups in total. The molecule has 0 aromatic heterocycles. The predicted octanol–water partition coefficient (Wildman–Crippen LogP) is 4.25. The van der Waals surface area contributed by atoms with E-state index >= 15 is 0 Å². The van der Waals surface area contributed by atoms with Crippen molar-refractivity contribution in [3.8, 4) is 0 Å². The molecule has 1 aromatic rings. The van der Waals surface area contributed by atoms with E-state index < -0.39 is 21.4 Å². The molecule has 1 amide bonds. The lowest BCUT2D eigenvalue weighted by molar-refractivity contribution is -0.0164. The van der Waals surface area contributed by atoms with Crippen LogP contribution < -0.4 is 5.32 Å². The number of amides is 1. The highest BCUT2D eigenvalue weighted by Crippen LogP contribution is 2.49. The van der Waals surface area contributed by atoms with Gasteiger partial charge in [0.1, 0.15) is 0 Å². The third-order valence-corrected chi connectivity index (χ3v) is 10.0. The molecule has 3 fully saturated rings. The van der Waals surface area contributed by atoms with Gasteiger partial charge in [-0.25, -0.2) is 8.42 Å². The first kappa shape index (κ1) is 22.4. The van der Waals surface area contributed by atoms with Crippen molar-refractivity contribution in [1.29, 1.82) is 0 Å². The van der Waals surface area contributed by atoms with Gasteiger partial charge in [-0.05, 0) is 81.4 Å². The fourth-order valence-corrected chi connectivity index (χ4v) is 7.50. The van der Waals surface area contributed by atoms with Crippen molar-refractivity contribution >= 4 is 38.9 Å². The molecule has 1 aromatic carbocycles. The molecule has 0 spiro atoms. The second-order valence-corrected chi connectivity index (χ2v) is 12.6. The molecule has 5 nitrogen and oxygen atoms in total. The van der Waals surface area contributed by atoms with Crippen LogP contribution >= 0.6 is 23.2 Å². The van der Waals surface area contributed by atoms with Crippen LogP contribution in [-0.4, -0.2) is 43.1 Å². The molecule has 3 aliphatic rings. The van der Waals surface area contributed by atoms with Crippen molar-refractivity contribution in [1.82, 2.24) is 5.32 Å². The molecule has 8 heteroatoms. The summed E-state index contributed by atoms with van der Waals surface area (Å²) in [6, 6.07) is 4.74. The molecule has 1 atom stereocenters. The third kappa shape index (κ3) is 4.98. The van der Waals surface area contributed by atoms with E-state index in [-0.39, 0.29) is 22.1 Å². The van der Waals surface area contributed by atoms with Gasteiger partial charge >= 0.3 is 0 Å². The molecule has 0 radical (unpaired) electrons. The fourth-order valence-electron chi connectivity index (χ4n) is 4.79. The maximum Gasteiger partial charge on any atom is 0.252 e. The third-order valence-electron chi connectivity index (χ3n) is 7.07. The number of carbonyl (C=O) groups is 1. The van der Waals surface area contributed by atoms with E-state index in [0.717, 1.165) is 25.7 Å². The number of carbonyl (C=O) groups excluding carboxylic acids is 1. The highest BCUT2D eigenvalue weighted by atomic mass is 35.5. The first-order chi connectivity index (χ1) is 14.2. The van der Waals surface area contributed by atoms with Gasteiger partial charge in [-0.3, -0.25) is 4.79 Å². The molecule has 0 saturated heterocycles. The van der Waals surface area contributed by atoms with E-state index in [4.69, 9.17) is 23.2 Å². The lowest BCUT2D eigenvalue weighted by Gasteiger charge is -2.43. The standard InChI is InChI=1S/C22H29Cl2NO4S/c23-16-5-6-18(19(24)11-16)21(27)25-13-22(20(26)15-3-4-15)9-7-17(8-10-22)30(28,29)12-14-1-2-14/h5-6,11,14-15,17,20,26H,1-4,7-10,12-13H2,(H,25,27). The Kier molecular flexibility index (Phi) is 6.42. The molecule has 4 rings (SSSR count). The minimum absolute atomic E-state index is 0.251. The van der Waals surface area contributed by atoms with Crippen molar-refractivity contribution in [3.05, 3.63) is 33.8 Å². The maximum atomic E-state index is 12.7. The minimum atomic E-state index is -3.08. The topological polar surface area (TPSA) is 83.5 Å². The number of halogens is 2. The van der Waals surface area contributed by atoms with Gasteiger partial charge < -0.3 is 10.4 Å². The molecule has 166 valence electrons. The van der Waals surface area contributed by atoms with Crippen molar-refractivity contribution in [3.63, 3.8) is 0 Å². The van der Waals surface area contributed by atoms with Crippen molar-refractivity contribution in [2.45, 2.75) is 62.7 Å². The highest BCUT2D eigenvalue weighted by molar-refractivity contribution is 7.92. The van der Waals surface area contributed by atoms with Gasteiger partial charge in [0.2, 0.25) is 0 Å². The summed E-state index contributed by atoms with van der Waals surface area (Å²) in [5.41, 5.74) is -0.140. The predicted molar refractivity (Wildman–Crippen MR) is 119 cm³/mol. The van der Waals surface area contributed by atoms with E-state index in [1.54, 1.807) is 12.1 Å². The molecular formula is C22H29Cl2NO4S. The van der Waals surface area contributed by atoms with Gasteiger partial charge in [-0.15, -0.1) is 0 Å². The maximum absolute atomic E-state index is 12.7. The number of hydrogen-bond donors (Lipinski definition) is 2. The fraction of sp³-hybridized carbons (Fsp3) is 0.682. The van der Waals surface area contributed by atoms with Gasteiger partial charge in [0.05, 0.1) is 27.7 Å². The number of aliphatic hydroxyl groups excluding tert-OH is 1. The number of hydrogen-bond acceptors (Lipinski definition) is 4. The summed E-state index contributed by atoms with van der Waals surface area (Å²) < 4.78 is 25.4. The van der Waals surface area contributed by atoms with Crippen LogP contribution in [-0.2, 0) is 9.84 Å². The molecule has 30 heavy (non-hydrogen) atoms. The van der Waals surface area contributed by atoms with Crippen LogP contribution in [0.4, 0.5) is 0 Å². The first-order valence-corrected chi connectivity index (χ1v) is 13.3. The van der Waals surface area contributed by atoms with Crippen molar-refractivity contribution in [2.24, 2.45) is 17.3 Å². The number of aliphatic hydroxyl groups is 1. The van der Waals surface area contributed by atoms with Crippen LogP contribution in [0, 0.1) is 17.3 Å². The van der Waals surface area contributed by atoms with Crippen molar-refractivity contribution < 1.29 is 18.3 Å². The number of benzene rings is 1. The second kappa shape index (κ2) is 8.61. The molecule has 3 saturated carbocycles. The average Bonchev–Trinajstić information content (AvgIpc) is 3.60. The number of rotatable bonds is 8. The minimum Gasteiger partial charge on any atom is -0.392 e. The molecule has 1 unspecified atom stereocenters. The van der Waals surface area contributed by atoms with Crippen LogP contribution in [0.15, 0.2) is 18.2 Å². The summed E-state index contributed by atoms with van der Waals surface area (Å²) in [6.45, 7) is 0.317. The zero-order valence-corrected chi connectivity index (χ0v) is 19.3. The Morgan fingerprint density at radius 1 is 1.13 bits per heavy atom. The first-order valence-electron chi connectivity index (χ1n) is 10.8. The van der Waals surface area contributed by atoms with Gasteiger partial charge in [0.15, 0.2) is 9.84 Å². The zero-order chi connectivity index (χ0) is 21.5. The molecule has 0 bridgehead atoms. The monoisotopic (exact) mass is 473 g/mol. The summed E-state index contributed by atoms with van der Waals surface area (Å²) in [7, 11) is -3.08. The molecule has 3 aliphatic carbocycles. The quantitative estimate of drug-likeness (QED) is 0.590. The lowest BCUT2D eigenvalue weighted by Crippen LogP contribution is -2.50. The largest absolute Gasteiger partial charge is 0.392 e. The van der Waals surface area contributed by atoms with Gasteiger partial charge in [0.25, 0.3) is 5.91 Å². The smallest absolute Gasteiger partial charge is 0.252 e. The SMILES string of the molecule is O=C(NCC1(C(O)C2CC2)CCC(S(=O)(=O)CC2CC2)CC1)c1ccc(Cl)cc1Cl. The number of nitrogens with one attached hydrogen (secondary N) is 1. The van der Waals surface area contributed by atoms with E-state index in [9.17, 15) is 18.3 Å². The summed E-state index contributed by atoms with van der Waals surface area (Å²) in [5.74, 6) is 0.604. The Labute approximate surface area is 188 Å². The summed E-state index contributed by atoms with van der Waals surface area (Å²) >= 11 is 12.1. The highest BCUT2D eigenvalue weighted by Gasteiger charge is 2.49. The Morgan fingerprint density at radius 3 is 2.37 bits per heavy atom. The zero-order valence-electron chi connectivity index (χ0n) is 16.9.